The highest BCUT2D eigenvalue weighted by molar-refractivity contribution is 5.53. The number of hydrogen-bond donors (Lipinski definition) is 1. The molecule has 2 rings (SSSR count). The van der Waals surface area contributed by atoms with Crippen molar-refractivity contribution in [3.63, 3.8) is 0 Å². The Hall–Kier alpha value is -2.56. The Labute approximate surface area is 136 Å². The van der Waals surface area contributed by atoms with Gasteiger partial charge in [-0.15, -0.1) is 0 Å². The van der Waals surface area contributed by atoms with Gasteiger partial charge in [-0.1, -0.05) is 6.07 Å². The molecule has 0 radical (unpaired) electrons. The Balaban J connectivity index is 2.17. The van der Waals surface area contributed by atoms with Crippen molar-refractivity contribution in [2.75, 3.05) is 28.4 Å². The van der Waals surface area contributed by atoms with E-state index >= 15 is 0 Å². The molecule has 2 aromatic carbocycles. The molecule has 0 aliphatic rings. The van der Waals surface area contributed by atoms with Gasteiger partial charge in [0.25, 0.3) is 0 Å². The minimum Gasteiger partial charge on any atom is -0.502 e. The summed E-state index contributed by atoms with van der Waals surface area (Å²) in [6.45, 7) is 0. The fourth-order valence-corrected chi connectivity index (χ4v) is 2.42. The summed E-state index contributed by atoms with van der Waals surface area (Å²) in [6.07, 6.45) is 1.60. The molecule has 2 aromatic rings. The summed E-state index contributed by atoms with van der Waals surface area (Å²) >= 11 is 0. The molecule has 0 saturated carbocycles. The first-order valence-corrected chi connectivity index (χ1v) is 7.27. The third kappa shape index (κ3) is 3.80. The van der Waals surface area contributed by atoms with Gasteiger partial charge in [-0.3, -0.25) is 0 Å². The highest BCUT2D eigenvalue weighted by atomic mass is 16.5. The van der Waals surface area contributed by atoms with Gasteiger partial charge in [0.1, 0.15) is 0 Å². The van der Waals surface area contributed by atoms with Gasteiger partial charge in [0.05, 0.1) is 28.4 Å². The minimum absolute atomic E-state index is 0.0184. The molecule has 5 heteroatoms. The van der Waals surface area contributed by atoms with E-state index in [0.717, 1.165) is 24.0 Å². The van der Waals surface area contributed by atoms with Crippen LogP contribution in [0.25, 0.3) is 0 Å². The van der Waals surface area contributed by atoms with Crippen LogP contribution in [0.15, 0.2) is 30.3 Å². The van der Waals surface area contributed by atoms with Crippen LogP contribution in [0.2, 0.25) is 0 Å². The lowest BCUT2D eigenvalue weighted by Gasteiger charge is -2.12. The molecular weight excluding hydrogens is 296 g/mol. The molecule has 0 aliphatic heterocycles. The number of aryl methyl sites for hydroxylation is 2. The van der Waals surface area contributed by atoms with Gasteiger partial charge >= 0.3 is 0 Å². The van der Waals surface area contributed by atoms with Crippen LogP contribution >= 0.6 is 0 Å². The van der Waals surface area contributed by atoms with Crippen LogP contribution in [-0.2, 0) is 12.8 Å². The maximum atomic E-state index is 9.94. The van der Waals surface area contributed by atoms with Crippen molar-refractivity contribution in [3.05, 3.63) is 41.5 Å². The van der Waals surface area contributed by atoms with Crippen molar-refractivity contribution >= 4 is 0 Å². The molecule has 1 N–H and O–H groups in total. The number of aromatic hydroxyl groups is 1. The number of rotatable bonds is 7. The number of methoxy groups -OCH3 is 4. The second-order valence-electron chi connectivity index (χ2n) is 5.04. The number of phenolic OH excluding ortho intramolecular Hbond substituents is 1. The molecule has 0 amide bonds. The molecule has 23 heavy (non-hydrogen) atoms. The zero-order chi connectivity index (χ0) is 16.8. The first-order chi connectivity index (χ1) is 11.1. The molecule has 0 fully saturated rings. The van der Waals surface area contributed by atoms with Crippen LogP contribution in [0, 0.1) is 0 Å². The predicted molar refractivity (Wildman–Crippen MR) is 88.2 cm³/mol. The van der Waals surface area contributed by atoms with Crippen LogP contribution in [-0.4, -0.2) is 33.5 Å². The van der Waals surface area contributed by atoms with Crippen LogP contribution in [0.4, 0.5) is 0 Å². The molecule has 5 nitrogen and oxygen atoms in total. The molecule has 0 atom stereocenters. The normalized spacial score (nSPS) is 10.3. The largest absolute Gasteiger partial charge is 0.502 e. The molecular formula is C18H22O5. The Morgan fingerprint density at radius 2 is 1.13 bits per heavy atom. The summed E-state index contributed by atoms with van der Waals surface area (Å²) in [5, 5.41) is 9.94. The van der Waals surface area contributed by atoms with Crippen LogP contribution < -0.4 is 18.9 Å². The molecule has 0 bridgehead atoms. The Morgan fingerprint density at radius 3 is 1.65 bits per heavy atom. The van der Waals surface area contributed by atoms with Gasteiger partial charge in [-0.05, 0) is 48.2 Å². The first-order valence-electron chi connectivity index (χ1n) is 7.27. The first kappa shape index (κ1) is 16.8. The topological polar surface area (TPSA) is 57.2 Å². The maximum Gasteiger partial charge on any atom is 0.200 e. The van der Waals surface area contributed by atoms with E-state index in [1.54, 1.807) is 14.2 Å². The van der Waals surface area contributed by atoms with Gasteiger partial charge in [0.15, 0.2) is 23.0 Å². The van der Waals surface area contributed by atoms with E-state index in [4.69, 9.17) is 18.9 Å². The summed E-state index contributed by atoms with van der Waals surface area (Å²) in [6, 6.07) is 9.51. The highest BCUT2D eigenvalue weighted by Crippen LogP contribution is 2.37. The average Bonchev–Trinajstić information content (AvgIpc) is 2.60. The molecule has 0 aromatic heterocycles. The molecule has 0 heterocycles. The molecule has 0 unspecified atom stereocenters. The standard InChI is InChI=1S/C18H22O5/c1-20-14-8-7-12(9-15(14)21-2)5-6-13-10-16(22-3)18(19)17(11-13)23-4/h7-11,19H,5-6H2,1-4H3. The van der Waals surface area contributed by atoms with Crippen molar-refractivity contribution in [2.24, 2.45) is 0 Å². The summed E-state index contributed by atoms with van der Waals surface area (Å²) in [4.78, 5) is 0. The zero-order valence-electron chi connectivity index (χ0n) is 13.9. The summed E-state index contributed by atoms with van der Waals surface area (Å²) in [7, 11) is 6.28. The van der Waals surface area contributed by atoms with Crippen molar-refractivity contribution in [3.8, 4) is 28.7 Å². The second-order valence-corrected chi connectivity index (χ2v) is 5.04. The van der Waals surface area contributed by atoms with Gasteiger partial charge in [0, 0.05) is 0 Å². The maximum absolute atomic E-state index is 9.94. The lowest BCUT2D eigenvalue weighted by atomic mass is 10.0. The van der Waals surface area contributed by atoms with Crippen molar-refractivity contribution < 1.29 is 24.1 Å². The zero-order valence-corrected chi connectivity index (χ0v) is 13.9. The summed E-state index contributed by atoms with van der Waals surface area (Å²) in [5.74, 6) is 2.26. The van der Waals surface area contributed by atoms with Gasteiger partial charge < -0.3 is 24.1 Å². The smallest absolute Gasteiger partial charge is 0.200 e. The number of hydrogen-bond acceptors (Lipinski definition) is 5. The van der Waals surface area contributed by atoms with E-state index in [0.29, 0.717) is 23.0 Å². The summed E-state index contributed by atoms with van der Waals surface area (Å²) in [5.41, 5.74) is 2.15. The monoisotopic (exact) mass is 318 g/mol. The van der Waals surface area contributed by atoms with Gasteiger partial charge in [-0.2, -0.15) is 0 Å². The number of benzene rings is 2. The van der Waals surface area contributed by atoms with Crippen LogP contribution in [0.3, 0.4) is 0 Å². The molecule has 0 aliphatic carbocycles. The molecule has 0 saturated heterocycles. The Bertz CT molecular complexity index is 641. The third-order valence-electron chi connectivity index (χ3n) is 3.69. The van der Waals surface area contributed by atoms with E-state index in [9.17, 15) is 5.11 Å². The Morgan fingerprint density at radius 1 is 0.652 bits per heavy atom. The number of ether oxygens (including phenoxy) is 4. The van der Waals surface area contributed by atoms with E-state index in [1.165, 1.54) is 14.2 Å². The van der Waals surface area contributed by atoms with Crippen molar-refractivity contribution in [1.82, 2.24) is 0 Å². The number of phenols is 1. The highest BCUT2D eigenvalue weighted by Gasteiger charge is 2.11. The quantitative estimate of drug-likeness (QED) is 0.849. The summed E-state index contributed by atoms with van der Waals surface area (Å²) < 4.78 is 20.9. The van der Waals surface area contributed by atoms with Crippen LogP contribution in [0.1, 0.15) is 11.1 Å². The second kappa shape index (κ2) is 7.63. The van der Waals surface area contributed by atoms with E-state index in [-0.39, 0.29) is 5.75 Å². The fraction of sp³-hybridized carbons (Fsp3) is 0.333. The minimum atomic E-state index is 0.0184. The Kier molecular flexibility index (Phi) is 5.57. The predicted octanol–water partition coefficient (Wildman–Crippen LogP) is 3.21. The average molecular weight is 318 g/mol. The van der Waals surface area contributed by atoms with Gasteiger partial charge in [0.2, 0.25) is 5.75 Å². The van der Waals surface area contributed by atoms with Crippen molar-refractivity contribution in [2.45, 2.75) is 12.8 Å². The van der Waals surface area contributed by atoms with Crippen LogP contribution in [0.5, 0.6) is 28.7 Å². The lowest BCUT2D eigenvalue weighted by molar-refractivity contribution is 0.339. The SMILES string of the molecule is COc1ccc(CCc2cc(OC)c(O)c(OC)c2)cc1OC. The lowest BCUT2D eigenvalue weighted by Crippen LogP contribution is -1.97. The van der Waals surface area contributed by atoms with Crippen molar-refractivity contribution in [1.29, 1.82) is 0 Å². The van der Waals surface area contributed by atoms with E-state index in [2.05, 4.69) is 0 Å². The fourth-order valence-electron chi connectivity index (χ4n) is 2.42. The van der Waals surface area contributed by atoms with E-state index < -0.39 is 0 Å². The molecule has 124 valence electrons. The van der Waals surface area contributed by atoms with E-state index in [1.807, 2.05) is 30.3 Å². The third-order valence-corrected chi connectivity index (χ3v) is 3.69. The van der Waals surface area contributed by atoms with Gasteiger partial charge in [-0.25, -0.2) is 0 Å². The molecule has 0 spiro atoms.